The van der Waals surface area contributed by atoms with Crippen LogP contribution in [0.3, 0.4) is 0 Å². The Labute approximate surface area is 197 Å². The molecule has 0 aliphatic carbocycles. The van der Waals surface area contributed by atoms with E-state index in [1.807, 2.05) is 5.32 Å². The highest BCUT2D eigenvalue weighted by molar-refractivity contribution is 6.33. The molecule has 0 aliphatic rings. The highest BCUT2D eigenvalue weighted by Crippen LogP contribution is 2.37. The molecule has 0 spiro atoms. The normalized spacial score (nSPS) is 12.0. The van der Waals surface area contributed by atoms with Crippen LogP contribution in [0.25, 0.3) is 16.9 Å². The Kier molecular flexibility index (Phi) is 6.19. The van der Waals surface area contributed by atoms with Crippen molar-refractivity contribution in [2.24, 2.45) is 0 Å². The fraction of sp³-hybridized carbons (Fsp3) is 0.0952. The van der Waals surface area contributed by atoms with E-state index in [1.165, 1.54) is 24.5 Å². The molecule has 7 nitrogen and oxygen atoms in total. The molecule has 1 aromatic carbocycles. The predicted molar refractivity (Wildman–Crippen MR) is 112 cm³/mol. The monoisotopic (exact) mass is 512 g/mol. The Hall–Kier alpha value is -4.00. The summed E-state index contributed by atoms with van der Waals surface area (Å²) in [6, 6.07) is 4.75. The highest BCUT2D eigenvalue weighted by atomic mass is 35.5. The zero-order valence-electron chi connectivity index (χ0n) is 17.1. The van der Waals surface area contributed by atoms with Crippen molar-refractivity contribution < 1.29 is 31.1 Å². The number of nitrogens with one attached hydrogen (secondary N) is 1. The van der Waals surface area contributed by atoms with E-state index in [0.29, 0.717) is 16.9 Å². The number of anilines is 1. The zero-order valence-corrected chi connectivity index (χ0v) is 17.8. The maximum Gasteiger partial charge on any atom is 0.420 e. The molecule has 0 radical (unpaired) electrons. The number of carbonyl (C=O) groups is 1. The Morgan fingerprint density at radius 3 is 2.20 bits per heavy atom. The van der Waals surface area contributed by atoms with Gasteiger partial charge in [-0.15, -0.1) is 4.80 Å². The lowest BCUT2D eigenvalue weighted by molar-refractivity contribution is -0.138. The summed E-state index contributed by atoms with van der Waals surface area (Å²) in [5.74, 6) is -1.96. The lowest BCUT2D eigenvalue weighted by atomic mass is 9.99. The molecule has 1 amide bonds. The van der Waals surface area contributed by atoms with Crippen LogP contribution in [0.1, 0.15) is 21.5 Å². The summed E-state index contributed by atoms with van der Waals surface area (Å²) >= 11 is 6.03. The Balaban J connectivity index is 1.71. The third-order valence-electron chi connectivity index (χ3n) is 4.69. The van der Waals surface area contributed by atoms with Gasteiger partial charge in [0, 0.05) is 18.0 Å². The molecule has 0 saturated heterocycles. The molecule has 3 aromatic heterocycles. The molecule has 0 fully saturated rings. The summed E-state index contributed by atoms with van der Waals surface area (Å²) < 4.78 is 82.0. The number of aromatic nitrogens is 5. The van der Waals surface area contributed by atoms with E-state index >= 15 is 0 Å². The van der Waals surface area contributed by atoms with Gasteiger partial charge in [-0.1, -0.05) is 17.7 Å². The van der Waals surface area contributed by atoms with Gasteiger partial charge in [0.1, 0.15) is 5.56 Å². The number of nitrogens with zero attached hydrogens (tertiary/aromatic N) is 5. The minimum atomic E-state index is -4.96. The summed E-state index contributed by atoms with van der Waals surface area (Å²) in [6.45, 7) is 0. The largest absolute Gasteiger partial charge is 0.420 e. The number of benzene rings is 1. The van der Waals surface area contributed by atoms with Gasteiger partial charge in [0.2, 0.25) is 0 Å². The topological polar surface area (TPSA) is 85.6 Å². The Morgan fingerprint density at radius 1 is 0.886 bits per heavy atom. The van der Waals surface area contributed by atoms with Crippen molar-refractivity contribution in [1.29, 1.82) is 0 Å². The molecule has 0 atom stereocenters. The molecule has 0 aliphatic heterocycles. The van der Waals surface area contributed by atoms with Crippen molar-refractivity contribution in [3.05, 3.63) is 83.0 Å². The SMILES string of the molecule is O=C(Nc1cnc(-n2nccn2)c(C(F)(F)F)c1)c1ccc(-c2cnccc2Cl)cc1C(F)(F)F. The number of rotatable bonds is 4. The van der Waals surface area contributed by atoms with Crippen LogP contribution in [0.5, 0.6) is 0 Å². The molecular formula is C21H11ClF6N6O. The number of hydrogen-bond acceptors (Lipinski definition) is 5. The van der Waals surface area contributed by atoms with E-state index in [9.17, 15) is 31.1 Å². The maximum atomic E-state index is 13.8. The van der Waals surface area contributed by atoms with Gasteiger partial charge in [-0.25, -0.2) is 4.98 Å². The number of carbonyl (C=O) groups excluding carboxylic acids is 1. The third kappa shape index (κ3) is 5.09. The molecule has 35 heavy (non-hydrogen) atoms. The summed E-state index contributed by atoms with van der Waals surface area (Å²) in [4.78, 5) is 20.8. The number of pyridine rings is 2. The van der Waals surface area contributed by atoms with Gasteiger partial charge in [0.05, 0.1) is 40.4 Å². The van der Waals surface area contributed by atoms with Gasteiger partial charge in [-0.2, -0.15) is 36.5 Å². The fourth-order valence-corrected chi connectivity index (χ4v) is 3.37. The third-order valence-corrected chi connectivity index (χ3v) is 5.02. The minimum absolute atomic E-state index is 0.0454. The fourth-order valence-electron chi connectivity index (χ4n) is 3.15. The van der Waals surface area contributed by atoms with Crippen LogP contribution < -0.4 is 5.32 Å². The van der Waals surface area contributed by atoms with E-state index in [-0.39, 0.29) is 16.1 Å². The summed E-state index contributed by atoms with van der Waals surface area (Å²) in [5, 5.41) is 9.37. The molecule has 1 N–H and O–H groups in total. The standard InChI is InChI=1S/C21H11ClF6N6O/c22-17-3-4-29-10-14(17)11-1-2-13(15(7-11)20(23,24)25)19(35)33-12-8-16(21(26,27)28)18(30-9-12)34-31-5-6-32-34/h1-10H,(H,33,35). The lowest BCUT2D eigenvalue weighted by Gasteiger charge is -2.16. The van der Waals surface area contributed by atoms with Crippen LogP contribution in [0, 0.1) is 0 Å². The predicted octanol–water partition coefficient (Wildman–Crippen LogP) is 5.67. The van der Waals surface area contributed by atoms with Crippen molar-refractivity contribution in [2.75, 3.05) is 5.32 Å². The number of amides is 1. The Morgan fingerprint density at radius 2 is 1.57 bits per heavy atom. The first-order chi connectivity index (χ1) is 16.4. The molecule has 4 aromatic rings. The van der Waals surface area contributed by atoms with Gasteiger partial charge < -0.3 is 5.32 Å². The quantitative estimate of drug-likeness (QED) is 0.356. The number of halogens is 7. The average molecular weight is 513 g/mol. The Bertz CT molecular complexity index is 1390. The lowest BCUT2D eigenvalue weighted by Crippen LogP contribution is -2.20. The summed E-state index contributed by atoms with van der Waals surface area (Å²) in [6.07, 6.45) is -4.13. The second-order valence-corrected chi connectivity index (χ2v) is 7.39. The van der Waals surface area contributed by atoms with E-state index in [4.69, 9.17) is 11.6 Å². The van der Waals surface area contributed by atoms with Crippen molar-refractivity contribution in [3.63, 3.8) is 0 Å². The summed E-state index contributed by atoms with van der Waals surface area (Å²) in [5.41, 5.74) is -3.66. The van der Waals surface area contributed by atoms with Crippen LogP contribution in [0.4, 0.5) is 32.0 Å². The highest BCUT2D eigenvalue weighted by Gasteiger charge is 2.37. The smallest absolute Gasteiger partial charge is 0.321 e. The minimum Gasteiger partial charge on any atom is -0.321 e. The molecule has 0 saturated carbocycles. The first-order valence-electron chi connectivity index (χ1n) is 9.51. The maximum absolute atomic E-state index is 13.8. The molecule has 0 bridgehead atoms. The second kappa shape index (κ2) is 8.98. The summed E-state index contributed by atoms with van der Waals surface area (Å²) in [7, 11) is 0. The molecule has 4 rings (SSSR count). The average Bonchev–Trinajstić information content (AvgIpc) is 3.33. The van der Waals surface area contributed by atoms with Gasteiger partial charge in [-0.05, 0) is 29.8 Å². The van der Waals surface area contributed by atoms with E-state index < -0.39 is 46.5 Å². The van der Waals surface area contributed by atoms with E-state index in [1.54, 1.807) is 0 Å². The molecular weight excluding hydrogens is 502 g/mol. The van der Waals surface area contributed by atoms with Crippen LogP contribution in [-0.4, -0.2) is 30.9 Å². The molecule has 0 unspecified atom stereocenters. The molecule has 180 valence electrons. The van der Waals surface area contributed by atoms with Crippen molar-refractivity contribution in [3.8, 4) is 16.9 Å². The van der Waals surface area contributed by atoms with Gasteiger partial charge in [0.15, 0.2) is 5.82 Å². The van der Waals surface area contributed by atoms with Gasteiger partial charge in [0.25, 0.3) is 5.91 Å². The molecule has 3 heterocycles. The van der Waals surface area contributed by atoms with Crippen molar-refractivity contribution >= 4 is 23.2 Å². The number of hydrogen-bond donors (Lipinski definition) is 1. The van der Waals surface area contributed by atoms with Crippen molar-refractivity contribution in [2.45, 2.75) is 12.4 Å². The van der Waals surface area contributed by atoms with Crippen LogP contribution >= 0.6 is 11.6 Å². The van der Waals surface area contributed by atoms with Crippen LogP contribution in [0.15, 0.2) is 61.3 Å². The second-order valence-electron chi connectivity index (χ2n) is 6.98. The van der Waals surface area contributed by atoms with Crippen LogP contribution in [0.2, 0.25) is 5.02 Å². The molecule has 14 heteroatoms. The van der Waals surface area contributed by atoms with E-state index in [2.05, 4.69) is 20.2 Å². The first kappa shape index (κ1) is 24.1. The van der Waals surface area contributed by atoms with Gasteiger partial charge in [-0.3, -0.25) is 9.78 Å². The number of alkyl halides is 6. The van der Waals surface area contributed by atoms with Gasteiger partial charge >= 0.3 is 12.4 Å². The zero-order chi connectivity index (χ0) is 25.4. The van der Waals surface area contributed by atoms with E-state index in [0.717, 1.165) is 24.7 Å². The van der Waals surface area contributed by atoms with Crippen LogP contribution in [-0.2, 0) is 12.4 Å². The van der Waals surface area contributed by atoms with Crippen molar-refractivity contribution in [1.82, 2.24) is 25.0 Å². The first-order valence-corrected chi connectivity index (χ1v) is 9.89.